The van der Waals surface area contributed by atoms with Crippen molar-refractivity contribution < 1.29 is 19.4 Å². The molecular formula is C18H27N3O4. The predicted molar refractivity (Wildman–Crippen MR) is 93.6 cm³/mol. The largest absolute Gasteiger partial charge is 0.493 e. The molecule has 25 heavy (non-hydrogen) atoms. The van der Waals surface area contributed by atoms with Crippen LogP contribution in [0.4, 0.5) is 0 Å². The van der Waals surface area contributed by atoms with Crippen LogP contribution in [-0.4, -0.2) is 72.9 Å². The van der Waals surface area contributed by atoms with E-state index in [9.17, 15) is 9.90 Å². The zero-order chi connectivity index (χ0) is 18.0. The summed E-state index contributed by atoms with van der Waals surface area (Å²) in [6, 6.07) is 5.76. The van der Waals surface area contributed by atoms with E-state index in [4.69, 9.17) is 15.2 Å². The van der Waals surface area contributed by atoms with Crippen molar-refractivity contribution in [3.05, 3.63) is 23.8 Å². The van der Waals surface area contributed by atoms with E-state index in [0.717, 1.165) is 25.1 Å². The Bertz CT molecular complexity index is 633. The predicted octanol–water partition coefficient (Wildman–Crippen LogP) is 0.200. The molecule has 0 spiro atoms. The summed E-state index contributed by atoms with van der Waals surface area (Å²) in [6.07, 6.45) is 1.26. The molecule has 1 aromatic rings. The molecule has 2 aliphatic heterocycles. The molecule has 1 aromatic carbocycles. The minimum Gasteiger partial charge on any atom is -0.493 e. The summed E-state index contributed by atoms with van der Waals surface area (Å²) in [5, 5.41) is 10.9. The Kier molecular flexibility index (Phi) is 5.17. The van der Waals surface area contributed by atoms with E-state index < -0.39 is 5.60 Å². The molecule has 2 saturated heterocycles. The van der Waals surface area contributed by atoms with E-state index in [1.165, 1.54) is 0 Å². The summed E-state index contributed by atoms with van der Waals surface area (Å²) < 4.78 is 10.8. The van der Waals surface area contributed by atoms with Crippen molar-refractivity contribution in [3.63, 3.8) is 0 Å². The van der Waals surface area contributed by atoms with Gasteiger partial charge in [0, 0.05) is 44.3 Å². The highest BCUT2D eigenvalue weighted by Crippen LogP contribution is 2.33. The molecule has 0 aliphatic carbocycles. The van der Waals surface area contributed by atoms with E-state index in [1.54, 1.807) is 19.1 Å². The van der Waals surface area contributed by atoms with Gasteiger partial charge in [0.1, 0.15) is 0 Å². The Morgan fingerprint density at radius 1 is 1.32 bits per heavy atom. The van der Waals surface area contributed by atoms with Gasteiger partial charge in [0.05, 0.1) is 14.2 Å². The lowest BCUT2D eigenvalue weighted by molar-refractivity contribution is -0.161. The fourth-order valence-electron chi connectivity index (χ4n) is 3.76. The minimum absolute atomic E-state index is 0.152. The summed E-state index contributed by atoms with van der Waals surface area (Å²) in [4.78, 5) is 16.7. The molecule has 3 rings (SSSR count). The summed E-state index contributed by atoms with van der Waals surface area (Å²) in [7, 11) is 3.17. The van der Waals surface area contributed by atoms with Gasteiger partial charge in [-0.3, -0.25) is 9.69 Å². The highest BCUT2D eigenvalue weighted by molar-refractivity contribution is 5.86. The molecule has 2 aliphatic rings. The smallest absolute Gasteiger partial charge is 0.256 e. The van der Waals surface area contributed by atoms with Crippen LogP contribution in [0.5, 0.6) is 11.5 Å². The topological polar surface area (TPSA) is 88.3 Å². The second kappa shape index (κ2) is 7.19. The zero-order valence-electron chi connectivity index (χ0n) is 14.9. The Labute approximate surface area is 148 Å². The van der Waals surface area contributed by atoms with Crippen LogP contribution in [0.15, 0.2) is 18.2 Å². The number of para-hydroxylation sites is 1. The maximum absolute atomic E-state index is 12.9. The van der Waals surface area contributed by atoms with Gasteiger partial charge < -0.3 is 25.2 Å². The number of benzene rings is 1. The number of amides is 1. The minimum atomic E-state index is -1.33. The lowest BCUT2D eigenvalue weighted by atomic mass is 9.89. The van der Waals surface area contributed by atoms with E-state index in [2.05, 4.69) is 0 Å². The molecule has 1 amide bonds. The fraction of sp³-hybridized carbons (Fsp3) is 0.611. The molecule has 0 bridgehead atoms. The van der Waals surface area contributed by atoms with Gasteiger partial charge in [0.25, 0.3) is 5.91 Å². The molecule has 2 heterocycles. The molecule has 1 atom stereocenters. The summed E-state index contributed by atoms with van der Waals surface area (Å²) >= 11 is 0. The number of piperidine rings is 1. The van der Waals surface area contributed by atoms with Crippen molar-refractivity contribution in [2.45, 2.75) is 31.0 Å². The second-order valence-electron chi connectivity index (χ2n) is 6.97. The van der Waals surface area contributed by atoms with Crippen LogP contribution < -0.4 is 15.2 Å². The third-order valence-corrected chi connectivity index (χ3v) is 5.02. The molecule has 0 radical (unpaired) electrons. The van der Waals surface area contributed by atoms with Crippen molar-refractivity contribution in [1.29, 1.82) is 0 Å². The van der Waals surface area contributed by atoms with Crippen molar-refractivity contribution in [2.75, 3.05) is 40.4 Å². The molecular weight excluding hydrogens is 322 g/mol. The summed E-state index contributed by atoms with van der Waals surface area (Å²) in [5.74, 6) is 1.04. The number of β-amino-alcohol motifs (C(OH)–C–C–N with tert-alkyl or cyclic N) is 1. The Balaban J connectivity index is 1.73. The van der Waals surface area contributed by atoms with Crippen LogP contribution in [0, 0.1) is 0 Å². The van der Waals surface area contributed by atoms with Gasteiger partial charge in [0.2, 0.25) is 0 Å². The fourth-order valence-corrected chi connectivity index (χ4v) is 3.76. The lowest BCUT2D eigenvalue weighted by Crippen LogP contribution is -2.64. The summed E-state index contributed by atoms with van der Waals surface area (Å²) in [5.41, 5.74) is 5.33. The second-order valence-corrected chi connectivity index (χ2v) is 6.97. The molecule has 7 heteroatoms. The van der Waals surface area contributed by atoms with Crippen molar-refractivity contribution >= 4 is 5.91 Å². The van der Waals surface area contributed by atoms with Gasteiger partial charge in [0.15, 0.2) is 17.1 Å². The van der Waals surface area contributed by atoms with Crippen LogP contribution in [0.1, 0.15) is 18.4 Å². The van der Waals surface area contributed by atoms with E-state index in [1.807, 2.05) is 23.1 Å². The number of nitrogens with zero attached hydrogens (tertiary/aromatic N) is 2. The van der Waals surface area contributed by atoms with Crippen molar-refractivity contribution in [3.8, 4) is 11.5 Å². The first-order valence-corrected chi connectivity index (χ1v) is 8.66. The molecule has 3 N–H and O–H groups in total. The Morgan fingerprint density at radius 3 is 2.72 bits per heavy atom. The number of carbonyl (C=O) groups is 1. The third-order valence-electron chi connectivity index (χ3n) is 5.02. The molecule has 0 saturated carbocycles. The number of aliphatic hydroxyl groups is 1. The highest BCUT2D eigenvalue weighted by Gasteiger charge is 2.45. The highest BCUT2D eigenvalue weighted by atomic mass is 16.5. The monoisotopic (exact) mass is 349 g/mol. The first-order chi connectivity index (χ1) is 12.0. The zero-order valence-corrected chi connectivity index (χ0v) is 14.9. The van der Waals surface area contributed by atoms with Crippen molar-refractivity contribution in [1.82, 2.24) is 9.80 Å². The molecule has 2 fully saturated rings. The number of rotatable bonds is 6. The van der Waals surface area contributed by atoms with Crippen LogP contribution in [0.25, 0.3) is 0 Å². The van der Waals surface area contributed by atoms with Gasteiger partial charge in [-0.1, -0.05) is 12.1 Å². The quantitative estimate of drug-likeness (QED) is 0.763. The first-order valence-electron chi connectivity index (χ1n) is 8.66. The van der Waals surface area contributed by atoms with Gasteiger partial charge in [-0.2, -0.15) is 0 Å². The maximum Gasteiger partial charge on any atom is 0.256 e. The normalized spacial score (nSPS) is 25.0. The first kappa shape index (κ1) is 18.0. The molecule has 0 aromatic heterocycles. The average Bonchev–Trinajstić information content (AvgIpc) is 2.57. The van der Waals surface area contributed by atoms with Gasteiger partial charge in [-0.25, -0.2) is 0 Å². The number of nitrogens with two attached hydrogens (primary N) is 1. The maximum atomic E-state index is 12.9. The Morgan fingerprint density at radius 2 is 2.08 bits per heavy atom. The Hall–Kier alpha value is -1.83. The summed E-state index contributed by atoms with van der Waals surface area (Å²) in [6.45, 7) is 2.84. The van der Waals surface area contributed by atoms with Gasteiger partial charge in [-0.15, -0.1) is 0 Å². The van der Waals surface area contributed by atoms with Gasteiger partial charge in [-0.05, 0) is 18.9 Å². The number of carbonyl (C=O) groups excluding carboxylic acids is 1. The van der Waals surface area contributed by atoms with E-state index >= 15 is 0 Å². The number of methoxy groups -OCH3 is 2. The lowest BCUT2D eigenvalue weighted by Gasteiger charge is -2.45. The number of hydrogen-bond acceptors (Lipinski definition) is 6. The van der Waals surface area contributed by atoms with Gasteiger partial charge >= 0.3 is 0 Å². The third kappa shape index (κ3) is 3.58. The van der Waals surface area contributed by atoms with E-state index in [-0.39, 0.29) is 11.9 Å². The van der Waals surface area contributed by atoms with Crippen LogP contribution in [0.3, 0.4) is 0 Å². The van der Waals surface area contributed by atoms with Crippen molar-refractivity contribution in [2.24, 2.45) is 5.73 Å². The molecule has 7 nitrogen and oxygen atoms in total. The standard InChI is InChI=1S/C18H27N3O4/c1-24-15-6-3-5-13(16(15)25-2)9-21-8-4-7-18(23,17(21)22)12-20-10-14(19)11-20/h3,5-6,14,23H,4,7-12,19H2,1-2H3/t18-/m0/s1. The average molecular weight is 349 g/mol. The number of hydrogen-bond donors (Lipinski definition) is 2. The molecule has 0 unspecified atom stereocenters. The van der Waals surface area contributed by atoms with Crippen LogP contribution >= 0.6 is 0 Å². The SMILES string of the molecule is COc1cccc(CN2CCC[C@](O)(CN3CC(N)C3)C2=O)c1OC. The number of ether oxygens (including phenoxy) is 2. The van der Waals surface area contributed by atoms with Crippen LogP contribution in [-0.2, 0) is 11.3 Å². The van der Waals surface area contributed by atoms with E-state index in [0.29, 0.717) is 37.6 Å². The molecule has 138 valence electrons. The van der Waals surface area contributed by atoms with Crippen LogP contribution in [0.2, 0.25) is 0 Å². The number of likely N-dealkylation sites (tertiary alicyclic amines) is 2.